The smallest absolute Gasteiger partial charge is 0.305 e. The Morgan fingerprint density at radius 2 is 1.88 bits per heavy atom. The van der Waals surface area contributed by atoms with Crippen LogP contribution in [-0.4, -0.2) is 26.8 Å². The number of hydrogen-bond acceptors (Lipinski definition) is 3. The summed E-state index contributed by atoms with van der Waals surface area (Å²) in [6, 6.07) is 6.95. The molecule has 2 N–H and O–H groups in total. The molecule has 1 aromatic heterocycles. The van der Waals surface area contributed by atoms with E-state index in [1.54, 1.807) is 4.68 Å². The Bertz CT molecular complexity index is 795. The molecule has 0 fully saturated rings. The highest BCUT2D eigenvalue weighted by atomic mass is 16.4. The van der Waals surface area contributed by atoms with E-state index in [9.17, 15) is 14.7 Å². The average molecular weight is 343 g/mol. The van der Waals surface area contributed by atoms with Crippen molar-refractivity contribution >= 4 is 11.9 Å². The van der Waals surface area contributed by atoms with Crippen LogP contribution in [0.2, 0.25) is 0 Å². The van der Waals surface area contributed by atoms with Crippen molar-refractivity contribution in [3.8, 4) is 0 Å². The molecule has 2 atom stereocenters. The summed E-state index contributed by atoms with van der Waals surface area (Å²) in [6.07, 6.45) is -0.158. The van der Waals surface area contributed by atoms with Gasteiger partial charge >= 0.3 is 5.97 Å². The van der Waals surface area contributed by atoms with E-state index in [4.69, 9.17) is 0 Å². The maximum Gasteiger partial charge on any atom is 0.305 e. The molecule has 0 aliphatic carbocycles. The fourth-order valence-corrected chi connectivity index (χ4v) is 3.24. The van der Waals surface area contributed by atoms with E-state index in [-0.39, 0.29) is 12.3 Å². The molecule has 134 valence electrons. The Labute approximate surface area is 147 Å². The molecule has 0 aliphatic heterocycles. The first-order valence-corrected chi connectivity index (χ1v) is 8.30. The molecule has 6 heteroatoms. The number of aliphatic carboxylic acids is 1. The average Bonchev–Trinajstić information content (AvgIpc) is 2.78. The van der Waals surface area contributed by atoms with Crippen LogP contribution in [-0.2, 0) is 16.6 Å². The number of nitrogens with one attached hydrogen (secondary N) is 1. The van der Waals surface area contributed by atoms with E-state index in [1.165, 1.54) is 0 Å². The molecule has 25 heavy (non-hydrogen) atoms. The van der Waals surface area contributed by atoms with E-state index in [1.807, 2.05) is 59.0 Å². The van der Waals surface area contributed by atoms with Crippen LogP contribution < -0.4 is 5.32 Å². The zero-order valence-electron chi connectivity index (χ0n) is 15.3. The molecule has 0 radical (unpaired) electrons. The van der Waals surface area contributed by atoms with Gasteiger partial charge in [0.25, 0.3) is 0 Å². The van der Waals surface area contributed by atoms with Crippen LogP contribution in [0, 0.1) is 20.8 Å². The molecule has 0 spiro atoms. The largest absolute Gasteiger partial charge is 0.481 e. The Balaban J connectivity index is 2.27. The van der Waals surface area contributed by atoms with Crippen molar-refractivity contribution in [1.29, 1.82) is 0 Å². The van der Waals surface area contributed by atoms with Crippen molar-refractivity contribution in [1.82, 2.24) is 15.1 Å². The molecule has 2 rings (SSSR count). The highest BCUT2D eigenvalue weighted by Gasteiger charge is 2.26. The van der Waals surface area contributed by atoms with E-state index in [2.05, 4.69) is 10.4 Å². The zero-order valence-corrected chi connectivity index (χ0v) is 15.3. The maximum absolute atomic E-state index is 12.8. The van der Waals surface area contributed by atoms with Crippen LogP contribution in [0.25, 0.3) is 0 Å². The Hall–Kier alpha value is -2.63. The van der Waals surface area contributed by atoms with Crippen molar-refractivity contribution in [3.63, 3.8) is 0 Å². The van der Waals surface area contributed by atoms with Crippen LogP contribution in [0.4, 0.5) is 0 Å². The molecule has 2 unspecified atom stereocenters. The Kier molecular flexibility index (Phi) is 5.62. The third-order valence-electron chi connectivity index (χ3n) is 4.65. The number of carbonyl (C=O) groups excluding carboxylic acids is 1. The molecule has 0 bridgehead atoms. The first-order chi connectivity index (χ1) is 11.7. The third kappa shape index (κ3) is 4.07. The summed E-state index contributed by atoms with van der Waals surface area (Å²) in [6.45, 7) is 7.54. The van der Waals surface area contributed by atoms with Crippen molar-refractivity contribution < 1.29 is 14.7 Å². The first kappa shape index (κ1) is 18.7. The SMILES string of the molecule is Cc1ccccc1C(CC(=O)O)NC(=O)C(C)c1c(C)nn(C)c1C. The minimum Gasteiger partial charge on any atom is -0.481 e. The number of carboxylic acids is 1. The molecule has 1 aromatic carbocycles. The lowest BCUT2D eigenvalue weighted by atomic mass is 9.95. The lowest BCUT2D eigenvalue weighted by molar-refractivity contribution is -0.137. The lowest BCUT2D eigenvalue weighted by Crippen LogP contribution is -2.34. The number of hydrogen-bond donors (Lipinski definition) is 2. The minimum atomic E-state index is -0.949. The molecular formula is C19H25N3O3. The third-order valence-corrected chi connectivity index (χ3v) is 4.65. The van der Waals surface area contributed by atoms with Gasteiger partial charge in [0.05, 0.1) is 24.1 Å². The van der Waals surface area contributed by atoms with E-state index < -0.39 is 17.9 Å². The topological polar surface area (TPSA) is 84.2 Å². The van der Waals surface area contributed by atoms with Crippen molar-refractivity contribution in [2.75, 3.05) is 0 Å². The standard InChI is InChI=1S/C19H25N3O3/c1-11-8-6-7-9-15(11)16(10-17(23)24)20-19(25)12(2)18-13(3)21-22(5)14(18)4/h6-9,12,16H,10H2,1-5H3,(H,20,25)(H,23,24). The summed E-state index contributed by atoms with van der Waals surface area (Å²) in [5.74, 6) is -1.56. The van der Waals surface area contributed by atoms with Crippen LogP contribution in [0.3, 0.4) is 0 Å². The second-order valence-electron chi connectivity index (χ2n) is 6.45. The highest BCUT2D eigenvalue weighted by molar-refractivity contribution is 5.84. The normalized spacial score (nSPS) is 13.3. The molecule has 6 nitrogen and oxygen atoms in total. The molecule has 2 aromatic rings. The number of nitrogens with zero attached hydrogens (tertiary/aromatic N) is 2. The van der Waals surface area contributed by atoms with Crippen molar-refractivity contribution in [2.24, 2.45) is 7.05 Å². The summed E-state index contributed by atoms with van der Waals surface area (Å²) in [5.41, 5.74) is 4.42. The van der Waals surface area contributed by atoms with Gasteiger partial charge in [-0.15, -0.1) is 0 Å². The van der Waals surface area contributed by atoms with Gasteiger partial charge in [-0.3, -0.25) is 14.3 Å². The van der Waals surface area contributed by atoms with Gasteiger partial charge in [-0.2, -0.15) is 5.10 Å². The van der Waals surface area contributed by atoms with Crippen molar-refractivity contribution in [2.45, 2.75) is 46.1 Å². The van der Waals surface area contributed by atoms with Gasteiger partial charge < -0.3 is 10.4 Å². The second-order valence-corrected chi connectivity index (χ2v) is 6.45. The number of benzene rings is 1. The predicted octanol–water partition coefficient (Wildman–Crippen LogP) is 2.78. The summed E-state index contributed by atoms with van der Waals surface area (Å²) in [5, 5.41) is 16.5. The Morgan fingerprint density at radius 3 is 2.40 bits per heavy atom. The summed E-state index contributed by atoms with van der Waals surface area (Å²) in [4.78, 5) is 24.1. The fraction of sp³-hybridized carbons (Fsp3) is 0.421. The van der Waals surface area contributed by atoms with Gasteiger partial charge in [0.15, 0.2) is 0 Å². The molecule has 0 aliphatic rings. The zero-order chi connectivity index (χ0) is 18.7. The van der Waals surface area contributed by atoms with Crippen LogP contribution >= 0.6 is 0 Å². The van der Waals surface area contributed by atoms with Crippen LogP contribution in [0.5, 0.6) is 0 Å². The number of amides is 1. The van der Waals surface area contributed by atoms with Crippen LogP contribution in [0.1, 0.15) is 53.4 Å². The number of aryl methyl sites for hydroxylation is 3. The van der Waals surface area contributed by atoms with Gasteiger partial charge in [-0.25, -0.2) is 0 Å². The molecule has 1 heterocycles. The van der Waals surface area contributed by atoms with E-state index >= 15 is 0 Å². The number of carbonyl (C=O) groups is 2. The Morgan fingerprint density at radius 1 is 1.24 bits per heavy atom. The van der Waals surface area contributed by atoms with Gasteiger partial charge in [0.1, 0.15) is 0 Å². The van der Waals surface area contributed by atoms with Crippen LogP contribution in [0.15, 0.2) is 24.3 Å². The highest BCUT2D eigenvalue weighted by Crippen LogP contribution is 2.26. The molecule has 1 amide bonds. The monoisotopic (exact) mass is 343 g/mol. The van der Waals surface area contributed by atoms with Gasteiger partial charge in [0, 0.05) is 18.3 Å². The minimum absolute atomic E-state index is 0.158. The second kappa shape index (κ2) is 7.51. The quantitative estimate of drug-likeness (QED) is 0.845. The summed E-state index contributed by atoms with van der Waals surface area (Å²) >= 11 is 0. The number of carboxylic acid groups (broad SMARTS) is 1. The summed E-state index contributed by atoms with van der Waals surface area (Å²) < 4.78 is 1.75. The van der Waals surface area contributed by atoms with Gasteiger partial charge in [0.2, 0.25) is 5.91 Å². The molecule has 0 saturated heterocycles. The predicted molar refractivity (Wildman–Crippen MR) is 95.4 cm³/mol. The lowest BCUT2D eigenvalue weighted by Gasteiger charge is -2.22. The maximum atomic E-state index is 12.8. The van der Waals surface area contributed by atoms with Gasteiger partial charge in [-0.05, 0) is 38.8 Å². The number of aromatic nitrogens is 2. The van der Waals surface area contributed by atoms with Crippen molar-refractivity contribution in [3.05, 3.63) is 52.3 Å². The van der Waals surface area contributed by atoms with Gasteiger partial charge in [-0.1, -0.05) is 24.3 Å². The molecular weight excluding hydrogens is 318 g/mol. The summed E-state index contributed by atoms with van der Waals surface area (Å²) in [7, 11) is 1.84. The van der Waals surface area contributed by atoms with E-state index in [0.717, 1.165) is 28.1 Å². The number of rotatable bonds is 6. The first-order valence-electron chi connectivity index (χ1n) is 8.30. The van der Waals surface area contributed by atoms with E-state index in [0.29, 0.717) is 0 Å². The molecule has 0 saturated carbocycles. The fourth-order valence-electron chi connectivity index (χ4n) is 3.24.